The number of hydrogen-bond donors (Lipinski definition) is 1. The van der Waals surface area contributed by atoms with Crippen LogP contribution in [-0.2, 0) is 16.1 Å². The summed E-state index contributed by atoms with van der Waals surface area (Å²) in [6.07, 6.45) is 4.20. The highest BCUT2D eigenvalue weighted by molar-refractivity contribution is 7.99. The van der Waals surface area contributed by atoms with E-state index in [2.05, 4.69) is 35.0 Å². The van der Waals surface area contributed by atoms with E-state index in [1.165, 1.54) is 11.8 Å². The first-order valence-electron chi connectivity index (χ1n) is 11.7. The summed E-state index contributed by atoms with van der Waals surface area (Å²) in [5, 5.41) is 23.9. The molecule has 1 aliphatic rings. The molecule has 1 heterocycles. The smallest absolute Gasteiger partial charge is 0.329 e. The van der Waals surface area contributed by atoms with Gasteiger partial charge in [-0.15, -0.1) is 0 Å². The van der Waals surface area contributed by atoms with Gasteiger partial charge in [0.15, 0.2) is 0 Å². The van der Waals surface area contributed by atoms with Crippen LogP contribution < -0.4 is 0 Å². The summed E-state index contributed by atoms with van der Waals surface area (Å²) in [6.45, 7) is 1.11. The monoisotopic (exact) mass is 475 g/mol. The average Bonchev–Trinajstić information content (AvgIpc) is 3.22. The minimum absolute atomic E-state index is 0.223. The molecule has 0 aliphatic heterocycles. The summed E-state index contributed by atoms with van der Waals surface area (Å²) in [7, 11) is 0. The molecule has 6 nitrogen and oxygen atoms in total. The number of carboxylic acid groups (broad SMARTS) is 1. The number of carboxylic acids is 1. The molecule has 1 N–H and O–H groups in total. The van der Waals surface area contributed by atoms with Crippen molar-refractivity contribution < 1.29 is 14.6 Å². The van der Waals surface area contributed by atoms with E-state index in [1.54, 1.807) is 0 Å². The molecule has 1 aromatic heterocycles. The zero-order valence-electron chi connectivity index (χ0n) is 19.1. The van der Waals surface area contributed by atoms with Gasteiger partial charge in [-0.25, -0.2) is 4.79 Å². The third-order valence-electron chi connectivity index (χ3n) is 6.28. The largest absolute Gasteiger partial charge is 0.480 e. The molecule has 1 saturated carbocycles. The van der Waals surface area contributed by atoms with Crippen LogP contribution in [0.15, 0.2) is 65.7 Å². The van der Waals surface area contributed by atoms with Crippen LogP contribution in [0.25, 0.3) is 22.4 Å². The van der Waals surface area contributed by atoms with Crippen LogP contribution in [0.3, 0.4) is 0 Å². The Kier molecular flexibility index (Phi) is 8.40. The molecular formula is C27H29N3O3S. The average molecular weight is 476 g/mol. The van der Waals surface area contributed by atoms with E-state index in [0.29, 0.717) is 24.2 Å². The molecule has 7 heteroatoms. The molecule has 1 aliphatic carbocycles. The normalized spacial score (nSPS) is 17.9. The predicted octanol–water partition coefficient (Wildman–Crippen LogP) is 5.74. The first-order chi connectivity index (χ1) is 16.7. The van der Waals surface area contributed by atoms with Gasteiger partial charge in [0, 0.05) is 17.7 Å². The molecule has 0 spiro atoms. The number of nitrogens with zero attached hydrogens (tertiary/aromatic N) is 3. The number of nitriles is 1. The van der Waals surface area contributed by atoms with E-state index < -0.39 is 5.97 Å². The van der Waals surface area contributed by atoms with Gasteiger partial charge in [-0.3, -0.25) is 4.68 Å². The Bertz CT molecular complexity index is 1120. The zero-order chi connectivity index (χ0) is 23.8. The van der Waals surface area contributed by atoms with Crippen molar-refractivity contribution >= 4 is 17.7 Å². The van der Waals surface area contributed by atoms with E-state index in [-0.39, 0.29) is 6.61 Å². The lowest BCUT2D eigenvalue weighted by atomic mass is 9.82. The number of ether oxygens (including phenoxy) is 1. The Balaban J connectivity index is 1.59. The molecule has 0 bridgehead atoms. The van der Waals surface area contributed by atoms with Crippen LogP contribution >= 0.6 is 11.8 Å². The van der Waals surface area contributed by atoms with Gasteiger partial charge in [0.25, 0.3) is 0 Å². The summed E-state index contributed by atoms with van der Waals surface area (Å²) in [5.41, 5.74) is 4.41. The fourth-order valence-electron chi connectivity index (χ4n) is 4.67. The fraction of sp³-hybridized carbons (Fsp3) is 0.370. The SMILES string of the molecule is N#CCSc1nn(C[C@H]2CC[C@H](COCC(=O)O)CC2)c(-c2ccccc2)c1-c1ccccc1. The Morgan fingerprint density at radius 2 is 1.65 bits per heavy atom. The van der Waals surface area contributed by atoms with E-state index in [1.807, 2.05) is 36.4 Å². The number of aliphatic carboxylic acids is 1. The second kappa shape index (κ2) is 11.9. The summed E-state index contributed by atoms with van der Waals surface area (Å²) >= 11 is 1.49. The van der Waals surface area contributed by atoms with Crippen molar-refractivity contribution in [2.24, 2.45) is 11.8 Å². The van der Waals surface area contributed by atoms with Crippen molar-refractivity contribution in [2.75, 3.05) is 19.0 Å². The highest BCUT2D eigenvalue weighted by Crippen LogP contribution is 2.40. The molecule has 3 aromatic rings. The van der Waals surface area contributed by atoms with Crippen molar-refractivity contribution in [2.45, 2.75) is 37.3 Å². The van der Waals surface area contributed by atoms with E-state index in [9.17, 15) is 10.1 Å². The molecule has 0 amide bonds. The number of rotatable bonds is 10. The summed E-state index contributed by atoms with van der Waals surface area (Å²) in [6, 6.07) is 22.9. The minimum Gasteiger partial charge on any atom is -0.480 e. The minimum atomic E-state index is -0.917. The molecule has 176 valence electrons. The highest BCUT2D eigenvalue weighted by Gasteiger charge is 2.26. The molecular weight excluding hydrogens is 446 g/mol. The van der Waals surface area contributed by atoms with Crippen molar-refractivity contribution in [3.05, 3.63) is 60.7 Å². The topological polar surface area (TPSA) is 88.1 Å². The number of carbonyl (C=O) groups is 1. The van der Waals surface area contributed by atoms with Gasteiger partial charge in [-0.05, 0) is 43.1 Å². The van der Waals surface area contributed by atoms with Crippen molar-refractivity contribution in [3.63, 3.8) is 0 Å². The number of aromatic nitrogens is 2. The quantitative estimate of drug-likeness (QED) is 0.376. The number of thioether (sulfide) groups is 1. The Morgan fingerprint density at radius 3 is 2.26 bits per heavy atom. The van der Waals surface area contributed by atoms with Gasteiger partial charge in [0.2, 0.25) is 0 Å². The summed E-state index contributed by atoms with van der Waals surface area (Å²) in [5.74, 6) is 0.353. The van der Waals surface area contributed by atoms with Crippen LogP contribution in [0.2, 0.25) is 0 Å². The maximum Gasteiger partial charge on any atom is 0.329 e. The molecule has 2 aromatic carbocycles. The Morgan fingerprint density at radius 1 is 1.03 bits per heavy atom. The van der Waals surface area contributed by atoms with E-state index >= 15 is 0 Å². The third-order valence-corrected chi connectivity index (χ3v) is 7.11. The maximum atomic E-state index is 10.7. The van der Waals surface area contributed by atoms with Gasteiger partial charge < -0.3 is 9.84 Å². The summed E-state index contributed by atoms with van der Waals surface area (Å²) < 4.78 is 7.47. The second-order valence-corrected chi connectivity index (χ2v) is 9.65. The molecule has 34 heavy (non-hydrogen) atoms. The first-order valence-corrected chi connectivity index (χ1v) is 12.6. The number of hydrogen-bond acceptors (Lipinski definition) is 5. The molecule has 0 radical (unpaired) electrons. The van der Waals surface area contributed by atoms with Crippen LogP contribution in [0, 0.1) is 23.2 Å². The molecule has 0 saturated heterocycles. The van der Waals surface area contributed by atoms with Gasteiger partial charge in [0.05, 0.1) is 24.1 Å². The number of benzene rings is 2. The second-order valence-electron chi connectivity index (χ2n) is 8.69. The summed E-state index contributed by atoms with van der Waals surface area (Å²) in [4.78, 5) is 10.7. The van der Waals surface area contributed by atoms with Crippen LogP contribution in [0.5, 0.6) is 0 Å². The zero-order valence-corrected chi connectivity index (χ0v) is 19.9. The van der Waals surface area contributed by atoms with Crippen molar-refractivity contribution in [1.82, 2.24) is 9.78 Å². The van der Waals surface area contributed by atoms with Gasteiger partial charge in [-0.1, -0.05) is 72.4 Å². The van der Waals surface area contributed by atoms with E-state index in [4.69, 9.17) is 14.9 Å². The molecule has 1 fully saturated rings. The molecule has 4 rings (SSSR count). The fourth-order valence-corrected chi connectivity index (χ4v) is 5.38. The third kappa shape index (κ3) is 6.07. The van der Waals surface area contributed by atoms with Crippen molar-refractivity contribution in [3.8, 4) is 28.5 Å². The van der Waals surface area contributed by atoms with Gasteiger partial charge >= 0.3 is 5.97 Å². The first kappa shape index (κ1) is 24.1. The Labute approximate surface area is 204 Å². The van der Waals surface area contributed by atoms with Crippen molar-refractivity contribution in [1.29, 1.82) is 5.26 Å². The molecule has 0 atom stereocenters. The lowest BCUT2D eigenvalue weighted by Crippen LogP contribution is -2.23. The predicted molar refractivity (Wildman–Crippen MR) is 133 cm³/mol. The van der Waals surface area contributed by atoms with Crippen LogP contribution in [0.4, 0.5) is 0 Å². The standard InChI is InChI=1S/C27H29N3O3S/c28-15-16-34-27-25(22-7-3-1-4-8-22)26(23-9-5-2-6-10-23)30(29-27)17-20-11-13-21(14-12-20)18-33-19-24(31)32/h1-10,20-21H,11-14,16-19H2,(H,31,32)/t20-,21-. The lowest BCUT2D eigenvalue weighted by molar-refractivity contribution is -0.142. The highest BCUT2D eigenvalue weighted by atomic mass is 32.2. The molecule has 0 unspecified atom stereocenters. The van der Waals surface area contributed by atoms with Crippen LogP contribution in [-0.4, -0.2) is 39.8 Å². The van der Waals surface area contributed by atoms with Gasteiger partial charge in [0.1, 0.15) is 11.6 Å². The van der Waals surface area contributed by atoms with E-state index in [0.717, 1.165) is 59.6 Å². The van der Waals surface area contributed by atoms with Gasteiger partial charge in [-0.2, -0.15) is 10.4 Å². The lowest BCUT2D eigenvalue weighted by Gasteiger charge is -2.28. The van der Waals surface area contributed by atoms with Crippen LogP contribution in [0.1, 0.15) is 25.7 Å². The maximum absolute atomic E-state index is 10.7. The Hall–Kier alpha value is -3.08.